The molecule has 0 N–H and O–H groups in total. The molecule has 1 saturated heterocycles. The van der Waals surface area contributed by atoms with Gasteiger partial charge in [-0.05, 0) is 28.1 Å². The Balaban J connectivity index is 1.50. The van der Waals surface area contributed by atoms with Crippen molar-refractivity contribution in [2.24, 2.45) is 0 Å². The van der Waals surface area contributed by atoms with Gasteiger partial charge in [-0.1, -0.05) is 6.08 Å². The van der Waals surface area contributed by atoms with E-state index in [2.05, 4.69) is 22.5 Å². The van der Waals surface area contributed by atoms with E-state index in [1.807, 2.05) is 10.6 Å². The number of rotatable bonds is 4. The van der Waals surface area contributed by atoms with Crippen LogP contribution in [0.3, 0.4) is 0 Å². The number of carbonyl (C=O) groups is 2. The second-order valence-electron chi connectivity index (χ2n) is 6.29. The van der Waals surface area contributed by atoms with Crippen LogP contribution >= 0.6 is 15.9 Å². The van der Waals surface area contributed by atoms with Crippen molar-refractivity contribution in [2.75, 3.05) is 26.2 Å². The molecule has 3 aromatic heterocycles. The van der Waals surface area contributed by atoms with Crippen molar-refractivity contribution in [1.29, 1.82) is 0 Å². The zero-order valence-corrected chi connectivity index (χ0v) is 16.1. The summed E-state index contributed by atoms with van der Waals surface area (Å²) in [6.45, 7) is 6.15. The molecule has 7 nitrogen and oxygen atoms in total. The molecule has 27 heavy (non-hydrogen) atoms. The highest BCUT2D eigenvalue weighted by atomic mass is 79.9. The molecule has 8 heteroatoms. The maximum absolute atomic E-state index is 13.0. The van der Waals surface area contributed by atoms with Crippen LogP contribution in [-0.4, -0.2) is 52.4 Å². The van der Waals surface area contributed by atoms with E-state index in [1.165, 1.54) is 6.26 Å². The molecule has 1 aliphatic heterocycles. The summed E-state index contributed by atoms with van der Waals surface area (Å²) in [5.41, 5.74) is 2.05. The number of furan rings is 2. The normalized spacial score (nSPS) is 14.7. The Kier molecular flexibility index (Phi) is 4.65. The van der Waals surface area contributed by atoms with Crippen LogP contribution in [0.5, 0.6) is 0 Å². The van der Waals surface area contributed by atoms with E-state index in [-0.39, 0.29) is 11.8 Å². The number of nitrogens with zero attached hydrogens (tertiary/aromatic N) is 3. The Labute approximate surface area is 163 Å². The van der Waals surface area contributed by atoms with E-state index in [0.29, 0.717) is 54.4 Å². The van der Waals surface area contributed by atoms with E-state index in [1.54, 1.807) is 34.1 Å². The lowest BCUT2D eigenvalue weighted by atomic mass is 10.2. The van der Waals surface area contributed by atoms with Gasteiger partial charge in [-0.15, -0.1) is 6.58 Å². The number of hydrogen-bond acceptors (Lipinski definition) is 4. The fraction of sp³-hybridized carbons (Fsp3) is 0.263. The van der Waals surface area contributed by atoms with Crippen molar-refractivity contribution in [1.82, 2.24) is 14.4 Å². The predicted octanol–water partition coefficient (Wildman–Crippen LogP) is 3.37. The third kappa shape index (κ3) is 3.21. The molecular weight excluding hydrogens is 414 g/mol. The van der Waals surface area contributed by atoms with Gasteiger partial charge >= 0.3 is 0 Å². The lowest BCUT2D eigenvalue weighted by Crippen LogP contribution is -2.50. The standard InChI is InChI=1S/C19H18BrN3O4/c1-2-5-23-13-12-17(20)27-16(13)11-14(23)18(24)21-6-8-22(9-7-21)19(25)15-4-3-10-26-15/h2-4,10-12H,1,5-9H2. The summed E-state index contributed by atoms with van der Waals surface area (Å²) in [5, 5.41) is 0. The summed E-state index contributed by atoms with van der Waals surface area (Å²) < 4.78 is 13.3. The third-order valence-corrected chi connectivity index (χ3v) is 5.07. The number of amides is 2. The van der Waals surface area contributed by atoms with Crippen LogP contribution in [0, 0.1) is 0 Å². The lowest BCUT2D eigenvalue weighted by Gasteiger charge is -2.34. The number of piperazine rings is 1. The van der Waals surface area contributed by atoms with Crippen LogP contribution in [0.2, 0.25) is 0 Å². The average molecular weight is 432 g/mol. The summed E-state index contributed by atoms with van der Waals surface area (Å²) in [4.78, 5) is 28.9. The summed E-state index contributed by atoms with van der Waals surface area (Å²) in [5.74, 6) is 0.0922. The van der Waals surface area contributed by atoms with Gasteiger partial charge < -0.3 is 23.2 Å². The summed E-state index contributed by atoms with van der Waals surface area (Å²) >= 11 is 3.32. The van der Waals surface area contributed by atoms with Gasteiger partial charge in [0.25, 0.3) is 11.8 Å². The first-order valence-electron chi connectivity index (χ1n) is 8.60. The average Bonchev–Trinajstić information content (AvgIpc) is 3.39. The molecule has 0 saturated carbocycles. The molecule has 0 aliphatic carbocycles. The maximum Gasteiger partial charge on any atom is 0.289 e. The van der Waals surface area contributed by atoms with E-state index in [0.717, 1.165) is 5.52 Å². The number of hydrogen-bond donors (Lipinski definition) is 0. The Morgan fingerprint density at radius 1 is 1.15 bits per heavy atom. The van der Waals surface area contributed by atoms with Crippen molar-refractivity contribution in [3.05, 3.63) is 59.3 Å². The summed E-state index contributed by atoms with van der Waals surface area (Å²) in [6, 6.07) is 6.94. The number of allylic oxidation sites excluding steroid dienone is 1. The quantitative estimate of drug-likeness (QED) is 0.593. The van der Waals surface area contributed by atoms with Gasteiger partial charge in [0.1, 0.15) is 5.69 Å². The Morgan fingerprint density at radius 3 is 2.48 bits per heavy atom. The zero-order valence-electron chi connectivity index (χ0n) is 14.6. The first-order valence-corrected chi connectivity index (χ1v) is 9.39. The molecule has 3 aromatic rings. The number of fused-ring (bicyclic) bond motifs is 1. The van der Waals surface area contributed by atoms with Crippen molar-refractivity contribution in [2.45, 2.75) is 6.54 Å². The maximum atomic E-state index is 13.0. The topological polar surface area (TPSA) is 71.8 Å². The highest BCUT2D eigenvalue weighted by molar-refractivity contribution is 9.10. The zero-order chi connectivity index (χ0) is 19.0. The van der Waals surface area contributed by atoms with Gasteiger partial charge in [0, 0.05) is 44.9 Å². The van der Waals surface area contributed by atoms with Gasteiger partial charge in [0.15, 0.2) is 16.0 Å². The first kappa shape index (κ1) is 17.7. The molecule has 1 aliphatic rings. The van der Waals surface area contributed by atoms with E-state index in [9.17, 15) is 9.59 Å². The fourth-order valence-corrected chi connectivity index (χ4v) is 3.74. The smallest absolute Gasteiger partial charge is 0.289 e. The second kappa shape index (κ2) is 7.11. The summed E-state index contributed by atoms with van der Waals surface area (Å²) in [6.07, 6.45) is 3.23. The van der Waals surface area contributed by atoms with E-state index >= 15 is 0 Å². The lowest BCUT2D eigenvalue weighted by molar-refractivity contribution is 0.0513. The largest absolute Gasteiger partial charge is 0.459 e. The molecule has 140 valence electrons. The Morgan fingerprint density at radius 2 is 1.85 bits per heavy atom. The third-order valence-electron chi connectivity index (χ3n) is 4.68. The monoisotopic (exact) mass is 431 g/mol. The minimum atomic E-state index is -0.149. The molecule has 1 fully saturated rings. The van der Waals surface area contributed by atoms with Crippen molar-refractivity contribution in [3.8, 4) is 0 Å². The van der Waals surface area contributed by atoms with Crippen LogP contribution < -0.4 is 0 Å². The van der Waals surface area contributed by atoms with E-state index < -0.39 is 0 Å². The number of halogens is 1. The SMILES string of the molecule is C=CCn1c(C(=O)N2CCN(C(=O)c3ccco3)CC2)cc2oc(Br)cc21. The molecular formula is C19H18BrN3O4. The van der Waals surface area contributed by atoms with Gasteiger partial charge in [0.05, 0.1) is 11.8 Å². The highest BCUT2D eigenvalue weighted by Crippen LogP contribution is 2.28. The minimum Gasteiger partial charge on any atom is -0.459 e. The predicted molar refractivity (Wildman–Crippen MR) is 103 cm³/mol. The van der Waals surface area contributed by atoms with Gasteiger partial charge in [-0.25, -0.2) is 0 Å². The molecule has 0 bridgehead atoms. The fourth-order valence-electron chi connectivity index (χ4n) is 3.35. The van der Waals surface area contributed by atoms with Crippen LogP contribution in [0.4, 0.5) is 0 Å². The molecule has 0 radical (unpaired) electrons. The second-order valence-corrected chi connectivity index (χ2v) is 7.07. The Bertz CT molecular complexity index is 994. The molecule has 4 heterocycles. The highest BCUT2D eigenvalue weighted by Gasteiger charge is 2.28. The van der Waals surface area contributed by atoms with Crippen LogP contribution in [0.1, 0.15) is 21.0 Å². The molecule has 0 atom stereocenters. The van der Waals surface area contributed by atoms with E-state index in [4.69, 9.17) is 8.83 Å². The minimum absolute atomic E-state index is 0.0792. The van der Waals surface area contributed by atoms with Gasteiger partial charge in [-0.3, -0.25) is 9.59 Å². The van der Waals surface area contributed by atoms with Crippen molar-refractivity contribution in [3.63, 3.8) is 0 Å². The summed E-state index contributed by atoms with van der Waals surface area (Å²) in [7, 11) is 0. The van der Waals surface area contributed by atoms with Crippen molar-refractivity contribution < 1.29 is 18.4 Å². The van der Waals surface area contributed by atoms with Crippen LogP contribution in [-0.2, 0) is 6.54 Å². The number of aromatic nitrogens is 1. The van der Waals surface area contributed by atoms with Gasteiger partial charge in [0.2, 0.25) is 0 Å². The van der Waals surface area contributed by atoms with Gasteiger partial charge in [-0.2, -0.15) is 0 Å². The van der Waals surface area contributed by atoms with Crippen molar-refractivity contribution >= 4 is 38.8 Å². The van der Waals surface area contributed by atoms with Crippen LogP contribution in [0.15, 0.2) is 56.7 Å². The Hall–Kier alpha value is -2.74. The molecule has 0 spiro atoms. The molecule has 4 rings (SSSR count). The number of carbonyl (C=O) groups excluding carboxylic acids is 2. The molecule has 0 aromatic carbocycles. The molecule has 0 unspecified atom stereocenters. The molecule has 2 amide bonds. The first-order chi connectivity index (χ1) is 13.1. The van der Waals surface area contributed by atoms with Crippen LogP contribution in [0.25, 0.3) is 11.1 Å².